The number of nitrogens with one attached hydrogen (secondary N) is 1. The largest absolute Gasteiger partial charge is 0.465 e. The molecule has 3 heterocycles. The number of benzene rings is 3. The normalized spacial score (nSPS) is 16.0. The van der Waals surface area contributed by atoms with Crippen molar-refractivity contribution in [1.29, 1.82) is 0 Å². The van der Waals surface area contributed by atoms with Crippen molar-refractivity contribution in [2.24, 2.45) is 0 Å². The van der Waals surface area contributed by atoms with Crippen LogP contribution < -0.4 is 10.2 Å². The van der Waals surface area contributed by atoms with E-state index in [1.165, 1.54) is 31.0 Å². The molecule has 1 aliphatic heterocycles. The Hall–Kier alpha value is -5.00. The van der Waals surface area contributed by atoms with E-state index in [-0.39, 0.29) is 23.7 Å². The van der Waals surface area contributed by atoms with E-state index in [4.69, 9.17) is 17.0 Å². The summed E-state index contributed by atoms with van der Waals surface area (Å²) in [6.07, 6.45) is 1.79. The zero-order valence-corrected chi connectivity index (χ0v) is 26.3. The van der Waals surface area contributed by atoms with Gasteiger partial charge in [-0.3, -0.25) is 15.1 Å². The number of pyridine rings is 1. The average Bonchev–Trinajstić information content (AvgIpc) is 3.56. The number of ether oxygens (including phenoxy) is 1. The Morgan fingerprint density at radius 1 is 0.956 bits per heavy atom. The lowest BCUT2D eigenvalue weighted by molar-refractivity contribution is -0.384. The second-order valence-corrected chi connectivity index (χ2v) is 12.1. The van der Waals surface area contributed by atoms with Gasteiger partial charge in [0.1, 0.15) is 0 Å². The number of aryl methyl sites for hydroxylation is 1. The Morgan fingerprint density at radius 2 is 1.60 bits per heavy atom. The summed E-state index contributed by atoms with van der Waals surface area (Å²) in [5.41, 5.74) is 6.48. The van der Waals surface area contributed by atoms with Gasteiger partial charge in [-0.15, -0.1) is 0 Å². The van der Waals surface area contributed by atoms with Crippen molar-refractivity contribution < 1.29 is 14.5 Å². The summed E-state index contributed by atoms with van der Waals surface area (Å²) < 4.78 is 7.04. The van der Waals surface area contributed by atoms with Gasteiger partial charge >= 0.3 is 5.97 Å². The van der Waals surface area contributed by atoms with Crippen molar-refractivity contribution in [2.45, 2.75) is 35.7 Å². The second-order valence-electron chi connectivity index (χ2n) is 10.5. The molecule has 1 fully saturated rings. The minimum absolute atomic E-state index is 0.0656. The van der Waals surface area contributed by atoms with Crippen LogP contribution in [-0.2, 0) is 4.74 Å². The van der Waals surface area contributed by atoms with E-state index in [1.807, 2.05) is 54.6 Å². The van der Waals surface area contributed by atoms with E-state index in [9.17, 15) is 14.9 Å². The van der Waals surface area contributed by atoms with Gasteiger partial charge in [-0.1, -0.05) is 17.8 Å². The minimum atomic E-state index is -0.400. The number of anilines is 1. The zero-order chi connectivity index (χ0) is 31.7. The number of hydrogen-bond acceptors (Lipinski definition) is 7. The number of nitrogens with zero attached hydrogens (tertiary/aromatic N) is 4. The van der Waals surface area contributed by atoms with Crippen LogP contribution in [0.5, 0.6) is 0 Å². The first-order valence-electron chi connectivity index (χ1n) is 14.2. The number of rotatable bonds is 8. The van der Waals surface area contributed by atoms with Crippen LogP contribution in [0.25, 0.3) is 5.69 Å². The van der Waals surface area contributed by atoms with Crippen LogP contribution in [0.3, 0.4) is 0 Å². The molecule has 45 heavy (non-hydrogen) atoms. The van der Waals surface area contributed by atoms with Crippen LogP contribution in [-0.4, -0.2) is 32.7 Å². The van der Waals surface area contributed by atoms with Gasteiger partial charge in [0.05, 0.1) is 35.4 Å². The smallest absolute Gasteiger partial charge is 0.337 e. The quantitative estimate of drug-likeness (QED) is 0.0803. The maximum Gasteiger partial charge on any atom is 0.337 e. The molecule has 0 radical (unpaired) electrons. The highest BCUT2D eigenvalue weighted by Crippen LogP contribution is 2.44. The molecule has 9 nitrogen and oxygen atoms in total. The number of nitro groups is 1. The van der Waals surface area contributed by atoms with Gasteiger partial charge in [-0.2, -0.15) is 0 Å². The molecule has 1 aliphatic rings. The van der Waals surface area contributed by atoms with Gasteiger partial charge in [0.25, 0.3) is 5.69 Å². The van der Waals surface area contributed by atoms with Gasteiger partial charge in [0.15, 0.2) is 5.11 Å². The second kappa shape index (κ2) is 12.5. The van der Waals surface area contributed by atoms with E-state index >= 15 is 0 Å². The standard InChI is InChI=1S/C34H29N5O4S2/c1-21-20-29(22(2)37(21)24-9-7-23(8-10-24)33(40)43-3)32-31(30-6-4-5-19-35-30)36-34(44)38(32)25-11-15-27(16-12-25)45-28-17-13-26(14-18-28)39(41)42/h4-20,31-32H,1-3H3,(H,36,44)/t31-,32-/m0/s1. The third-order valence-corrected chi connectivity index (χ3v) is 9.16. The van der Waals surface area contributed by atoms with Crippen molar-refractivity contribution in [2.75, 3.05) is 12.0 Å². The van der Waals surface area contributed by atoms with Crippen LogP contribution in [0.1, 0.15) is 45.1 Å². The Bertz CT molecular complexity index is 1880. The summed E-state index contributed by atoms with van der Waals surface area (Å²) in [4.78, 5) is 31.4. The van der Waals surface area contributed by atoms with Gasteiger partial charge in [-0.05, 0) is 110 Å². The minimum Gasteiger partial charge on any atom is -0.465 e. The predicted octanol–water partition coefficient (Wildman–Crippen LogP) is 7.51. The number of esters is 1. The number of non-ortho nitro benzene ring substituents is 1. The van der Waals surface area contributed by atoms with Crippen LogP contribution in [0.2, 0.25) is 0 Å². The summed E-state index contributed by atoms with van der Waals surface area (Å²) in [7, 11) is 1.37. The fourth-order valence-electron chi connectivity index (χ4n) is 5.74. The maximum atomic E-state index is 12.0. The molecule has 2 atom stereocenters. The lowest BCUT2D eigenvalue weighted by atomic mass is 9.96. The Labute approximate surface area is 270 Å². The number of carbonyl (C=O) groups is 1. The van der Waals surface area contributed by atoms with Crippen molar-refractivity contribution in [3.8, 4) is 5.69 Å². The molecule has 1 N–H and O–H groups in total. The van der Waals surface area contributed by atoms with Gasteiger partial charge in [0, 0.05) is 50.9 Å². The number of thiocarbonyl (C=S) groups is 1. The number of hydrogen-bond donors (Lipinski definition) is 1. The topological polar surface area (TPSA) is 103 Å². The average molecular weight is 636 g/mol. The number of aromatic nitrogens is 2. The molecule has 1 saturated heterocycles. The fraction of sp³-hybridized carbons (Fsp3) is 0.147. The summed E-state index contributed by atoms with van der Waals surface area (Å²) in [6, 6.07) is 29.7. The predicted molar refractivity (Wildman–Crippen MR) is 178 cm³/mol. The Balaban J connectivity index is 1.36. The highest BCUT2D eigenvalue weighted by Gasteiger charge is 2.42. The summed E-state index contributed by atoms with van der Waals surface area (Å²) in [5, 5.41) is 15.1. The van der Waals surface area contributed by atoms with Crippen LogP contribution in [0.4, 0.5) is 11.4 Å². The number of nitro benzene ring substituents is 1. The van der Waals surface area contributed by atoms with Crippen molar-refractivity contribution in [3.05, 3.63) is 142 Å². The monoisotopic (exact) mass is 635 g/mol. The summed E-state index contributed by atoms with van der Waals surface area (Å²) in [6.45, 7) is 4.16. The number of methoxy groups -OCH3 is 1. The summed E-state index contributed by atoms with van der Waals surface area (Å²) >= 11 is 7.48. The molecule has 0 aliphatic carbocycles. The van der Waals surface area contributed by atoms with E-state index in [0.29, 0.717) is 10.7 Å². The lowest BCUT2D eigenvalue weighted by Gasteiger charge is -2.28. The highest BCUT2D eigenvalue weighted by atomic mass is 32.2. The maximum absolute atomic E-state index is 12.0. The van der Waals surface area contributed by atoms with E-state index in [0.717, 1.165) is 43.8 Å². The molecule has 0 amide bonds. The van der Waals surface area contributed by atoms with Gasteiger partial charge in [0.2, 0.25) is 0 Å². The molecule has 0 bridgehead atoms. The molecule has 0 spiro atoms. The third-order valence-electron chi connectivity index (χ3n) is 7.83. The molecule has 6 rings (SSSR count). The molecule has 0 saturated carbocycles. The highest BCUT2D eigenvalue weighted by molar-refractivity contribution is 7.99. The van der Waals surface area contributed by atoms with E-state index in [2.05, 4.69) is 39.7 Å². The van der Waals surface area contributed by atoms with Crippen LogP contribution in [0, 0.1) is 24.0 Å². The van der Waals surface area contributed by atoms with Crippen molar-refractivity contribution in [3.63, 3.8) is 0 Å². The molecule has 0 unspecified atom stereocenters. The molecular formula is C34H29N5O4S2. The molecular weight excluding hydrogens is 607 g/mol. The van der Waals surface area contributed by atoms with Crippen LogP contribution in [0.15, 0.2) is 113 Å². The third kappa shape index (κ3) is 5.92. The number of carbonyl (C=O) groups excluding carboxylic acids is 1. The first-order valence-corrected chi connectivity index (χ1v) is 15.4. The first-order chi connectivity index (χ1) is 21.7. The molecule has 226 valence electrons. The van der Waals surface area contributed by atoms with Crippen molar-refractivity contribution >= 4 is 46.4 Å². The SMILES string of the molecule is COC(=O)c1ccc(-n2c(C)cc([C@H]3[C@H](c4ccccn4)NC(=S)N3c3ccc(Sc4ccc([N+](=O)[O-])cc4)cc3)c2C)cc1. The zero-order valence-electron chi connectivity index (χ0n) is 24.7. The lowest BCUT2D eigenvalue weighted by Crippen LogP contribution is -2.29. The molecule has 5 aromatic rings. The van der Waals surface area contributed by atoms with Crippen LogP contribution >= 0.6 is 24.0 Å². The van der Waals surface area contributed by atoms with Gasteiger partial charge in [-0.25, -0.2) is 4.79 Å². The Morgan fingerprint density at radius 3 is 2.20 bits per heavy atom. The molecule has 2 aromatic heterocycles. The van der Waals surface area contributed by atoms with Gasteiger partial charge < -0.3 is 19.5 Å². The summed E-state index contributed by atoms with van der Waals surface area (Å²) in [5.74, 6) is -0.375. The fourth-order valence-corrected chi connectivity index (χ4v) is 6.91. The van der Waals surface area contributed by atoms with E-state index < -0.39 is 4.92 Å². The van der Waals surface area contributed by atoms with E-state index in [1.54, 1.807) is 30.5 Å². The molecule has 3 aromatic carbocycles. The van der Waals surface area contributed by atoms with Crippen molar-refractivity contribution in [1.82, 2.24) is 14.9 Å². The Kier molecular flexibility index (Phi) is 8.38. The first kappa shape index (κ1) is 30.0. The molecule has 11 heteroatoms.